The molecule has 1 fully saturated rings. The molecule has 1 aromatic carbocycles. The molecule has 1 atom stereocenters. The van der Waals surface area contributed by atoms with E-state index in [1.54, 1.807) is 0 Å². The van der Waals surface area contributed by atoms with Gasteiger partial charge in [-0.2, -0.15) is 0 Å². The van der Waals surface area contributed by atoms with Crippen LogP contribution in [0.15, 0.2) is 18.2 Å². The van der Waals surface area contributed by atoms with Crippen molar-refractivity contribution in [2.45, 2.75) is 38.1 Å². The highest BCUT2D eigenvalue weighted by Crippen LogP contribution is 2.40. The average molecular weight is 428 g/mol. The average Bonchev–Trinajstić information content (AvgIpc) is 3.43. The van der Waals surface area contributed by atoms with Crippen molar-refractivity contribution in [3.8, 4) is 11.5 Å². The number of benzene rings is 1. The highest BCUT2D eigenvalue weighted by atomic mass is 32.1. The van der Waals surface area contributed by atoms with Crippen molar-refractivity contribution in [3.63, 3.8) is 0 Å². The van der Waals surface area contributed by atoms with Crippen LogP contribution in [0.25, 0.3) is 0 Å². The van der Waals surface area contributed by atoms with Crippen molar-refractivity contribution in [2.24, 2.45) is 5.73 Å². The van der Waals surface area contributed by atoms with E-state index in [4.69, 9.17) is 15.2 Å². The quantitative estimate of drug-likeness (QED) is 0.765. The van der Waals surface area contributed by atoms with Gasteiger partial charge in [0, 0.05) is 10.9 Å². The number of amides is 2. The third kappa shape index (κ3) is 3.54. The molecular formula is C22H25N3O4S. The number of carbonyl (C=O) groups excluding carboxylic acids is 2. The van der Waals surface area contributed by atoms with Gasteiger partial charge in [-0.15, -0.1) is 11.3 Å². The number of hydrogen-bond donors (Lipinski definition) is 2. The Balaban J connectivity index is 1.30. The molecule has 1 saturated heterocycles. The molecule has 7 nitrogen and oxygen atoms in total. The topological polar surface area (TPSA) is 93.9 Å². The van der Waals surface area contributed by atoms with Gasteiger partial charge in [0.25, 0.3) is 5.91 Å². The SMILES string of the molecule is NC(=O)c1c(NC(=O)CN2CCC[C@H]2c2ccc3c(c2)OCCO3)sc2c1CCC2. The van der Waals surface area contributed by atoms with Gasteiger partial charge in [0.1, 0.15) is 18.2 Å². The summed E-state index contributed by atoms with van der Waals surface area (Å²) in [6.45, 7) is 2.26. The lowest BCUT2D eigenvalue weighted by Crippen LogP contribution is -2.33. The minimum Gasteiger partial charge on any atom is -0.486 e. The molecule has 1 aromatic heterocycles. The Morgan fingerprint density at radius 3 is 2.83 bits per heavy atom. The maximum atomic E-state index is 12.8. The molecule has 2 amide bonds. The summed E-state index contributed by atoms with van der Waals surface area (Å²) >= 11 is 1.49. The third-order valence-corrected chi connectivity index (χ3v) is 7.29. The zero-order valence-corrected chi connectivity index (χ0v) is 17.6. The van der Waals surface area contributed by atoms with E-state index in [0.717, 1.165) is 61.3 Å². The van der Waals surface area contributed by atoms with Gasteiger partial charge in [0.2, 0.25) is 5.91 Å². The number of aryl methyl sites for hydroxylation is 1. The molecule has 1 aliphatic carbocycles. The van der Waals surface area contributed by atoms with Crippen LogP contribution in [-0.2, 0) is 17.6 Å². The van der Waals surface area contributed by atoms with Crippen molar-refractivity contribution >= 4 is 28.2 Å². The molecular weight excluding hydrogens is 402 g/mol. The summed E-state index contributed by atoms with van der Waals surface area (Å²) in [7, 11) is 0. The second-order valence-corrected chi connectivity index (χ2v) is 9.11. The van der Waals surface area contributed by atoms with E-state index in [2.05, 4.69) is 16.3 Å². The van der Waals surface area contributed by atoms with Gasteiger partial charge >= 0.3 is 0 Å². The summed E-state index contributed by atoms with van der Waals surface area (Å²) in [5.41, 5.74) is 8.28. The number of ether oxygens (including phenoxy) is 2. The largest absolute Gasteiger partial charge is 0.486 e. The number of rotatable bonds is 5. The van der Waals surface area contributed by atoms with Crippen LogP contribution in [0.1, 0.15) is 51.7 Å². The van der Waals surface area contributed by atoms with E-state index < -0.39 is 5.91 Å². The van der Waals surface area contributed by atoms with E-state index in [1.165, 1.54) is 16.2 Å². The van der Waals surface area contributed by atoms with Crippen LogP contribution in [0.3, 0.4) is 0 Å². The van der Waals surface area contributed by atoms with Gasteiger partial charge in [0.05, 0.1) is 12.1 Å². The molecule has 0 bridgehead atoms. The lowest BCUT2D eigenvalue weighted by atomic mass is 10.0. The van der Waals surface area contributed by atoms with Crippen molar-refractivity contribution in [2.75, 3.05) is 31.6 Å². The zero-order valence-electron chi connectivity index (χ0n) is 16.7. The van der Waals surface area contributed by atoms with Gasteiger partial charge in [0.15, 0.2) is 11.5 Å². The van der Waals surface area contributed by atoms with Crippen molar-refractivity contribution in [3.05, 3.63) is 39.8 Å². The molecule has 0 spiro atoms. The first-order valence-corrected chi connectivity index (χ1v) is 11.3. The van der Waals surface area contributed by atoms with Crippen LogP contribution in [0.4, 0.5) is 5.00 Å². The third-order valence-electron chi connectivity index (χ3n) is 6.08. The smallest absolute Gasteiger partial charge is 0.251 e. The number of hydrogen-bond acceptors (Lipinski definition) is 6. The number of primary amides is 1. The highest BCUT2D eigenvalue weighted by Gasteiger charge is 2.30. The molecule has 0 unspecified atom stereocenters. The number of likely N-dealkylation sites (tertiary alicyclic amines) is 1. The molecule has 5 rings (SSSR count). The van der Waals surface area contributed by atoms with E-state index in [9.17, 15) is 9.59 Å². The molecule has 8 heteroatoms. The monoisotopic (exact) mass is 427 g/mol. The Morgan fingerprint density at radius 2 is 2.00 bits per heavy atom. The number of thiophene rings is 1. The van der Waals surface area contributed by atoms with Crippen LogP contribution in [-0.4, -0.2) is 43.0 Å². The van der Waals surface area contributed by atoms with E-state index >= 15 is 0 Å². The number of nitrogens with two attached hydrogens (primary N) is 1. The fourth-order valence-corrected chi connectivity index (χ4v) is 6.07. The zero-order chi connectivity index (χ0) is 20.7. The Hall–Kier alpha value is -2.58. The van der Waals surface area contributed by atoms with Crippen molar-refractivity contribution < 1.29 is 19.1 Å². The molecule has 0 saturated carbocycles. The van der Waals surface area contributed by atoms with Gasteiger partial charge in [-0.25, -0.2) is 0 Å². The summed E-state index contributed by atoms with van der Waals surface area (Å²) in [6, 6.07) is 6.20. The lowest BCUT2D eigenvalue weighted by Gasteiger charge is -2.26. The van der Waals surface area contributed by atoms with Crippen molar-refractivity contribution in [1.29, 1.82) is 0 Å². The predicted octanol–water partition coefficient (Wildman–Crippen LogP) is 2.88. The lowest BCUT2D eigenvalue weighted by molar-refractivity contribution is -0.117. The highest BCUT2D eigenvalue weighted by molar-refractivity contribution is 7.17. The predicted molar refractivity (Wildman–Crippen MR) is 114 cm³/mol. The van der Waals surface area contributed by atoms with Gasteiger partial charge in [-0.1, -0.05) is 6.07 Å². The van der Waals surface area contributed by atoms with Gasteiger partial charge in [-0.05, 0) is 61.9 Å². The number of anilines is 1. The minimum atomic E-state index is -0.458. The maximum Gasteiger partial charge on any atom is 0.251 e. The van der Waals surface area contributed by atoms with Crippen molar-refractivity contribution in [1.82, 2.24) is 4.90 Å². The summed E-state index contributed by atoms with van der Waals surface area (Å²) in [6.07, 6.45) is 4.88. The molecule has 3 heterocycles. The fourth-order valence-electron chi connectivity index (χ4n) is 4.76. The second-order valence-electron chi connectivity index (χ2n) is 8.01. The number of fused-ring (bicyclic) bond motifs is 2. The minimum absolute atomic E-state index is 0.109. The number of nitrogens with zero attached hydrogens (tertiary/aromatic N) is 1. The van der Waals surface area contributed by atoms with Crippen LogP contribution >= 0.6 is 11.3 Å². The molecule has 158 valence electrons. The second kappa shape index (κ2) is 7.92. The molecule has 2 aromatic rings. The molecule has 3 aliphatic rings. The van der Waals surface area contributed by atoms with E-state index in [0.29, 0.717) is 23.8 Å². The first kappa shape index (κ1) is 19.4. The number of carbonyl (C=O) groups is 2. The van der Waals surface area contributed by atoms with Crippen LogP contribution in [0.2, 0.25) is 0 Å². The van der Waals surface area contributed by atoms with E-state index in [-0.39, 0.29) is 18.5 Å². The van der Waals surface area contributed by atoms with Gasteiger partial charge in [-0.3, -0.25) is 14.5 Å². The molecule has 2 aliphatic heterocycles. The summed E-state index contributed by atoms with van der Waals surface area (Å²) in [5.74, 6) is 0.980. The standard InChI is InChI=1S/C22H25N3O4S/c23-21(27)20-14-3-1-5-18(14)30-22(20)24-19(26)12-25-8-2-4-15(25)13-6-7-16-17(11-13)29-10-9-28-16/h6-7,11,15H,1-5,8-10,12H2,(H2,23,27)(H,24,26)/t15-/m0/s1. The maximum absolute atomic E-state index is 12.8. The summed E-state index contributed by atoms with van der Waals surface area (Å²) < 4.78 is 11.3. The Bertz CT molecular complexity index is 1000. The molecule has 0 radical (unpaired) electrons. The first-order chi connectivity index (χ1) is 14.6. The Labute approximate surface area is 179 Å². The summed E-state index contributed by atoms with van der Waals surface area (Å²) in [4.78, 5) is 28.2. The normalized spacial score (nSPS) is 20.2. The Kier molecular flexibility index (Phi) is 5.12. The summed E-state index contributed by atoms with van der Waals surface area (Å²) in [5, 5.41) is 3.57. The fraction of sp³-hybridized carbons (Fsp3) is 0.455. The van der Waals surface area contributed by atoms with Gasteiger partial charge < -0.3 is 20.5 Å². The molecule has 30 heavy (non-hydrogen) atoms. The van der Waals surface area contributed by atoms with Crippen LogP contribution in [0.5, 0.6) is 11.5 Å². The van der Waals surface area contributed by atoms with E-state index in [1.807, 2.05) is 12.1 Å². The molecule has 3 N–H and O–H groups in total. The Morgan fingerprint density at radius 1 is 1.17 bits per heavy atom. The van der Waals surface area contributed by atoms with Crippen LogP contribution < -0.4 is 20.5 Å². The van der Waals surface area contributed by atoms with Crippen LogP contribution in [0, 0.1) is 0 Å². The first-order valence-electron chi connectivity index (χ1n) is 10.5. The number of nitrogens with one attached hydrogen (secondary N) is 1.